The first kappa shape index (κ1) is 18.8. The molecule has 0 aliphatic heterocycles. The van der Waals surface area contributed by atoms with Crippen molar-refractivity contribution < 1.29 is 18.7 Å². The van der Waals surface area contributed by atoms with Crippen molar-refractivity contribution in [1.82, 2.24) is 0 Å². The molecule has 0 aliphatic rings. The zero-order valence-corrected chi connectivity index (χ0v) is 15.9. The van der Waals surface area contributed by atoms with Gasteiger partial charge in [0.25, 0.3) is 0 Å². The summed E-state index contributed by atoms with van der Waals surface area (Å²) in [7, 11) is 0. The molecule has 4 rings (SSSR count). The molecule has 3 aromatic carbocycles. The molecule has 6 heteroatoms. The van der Waals surface area contributed by atoms with E-state index in [1.165, 1.54) is 12.3 Å². The number of halogens is 1. The van der Waals surface area contributed by atoms with Crippen LogP contribution in [0.15, 0.2) is 88.3 Å². The summed E-state index contributed by atoms with van der Waals surface area (Å²) < 4.78 is 16.2. The number of benzene rings is 3. The maximum Gasteiger partial charge on any atom is 0.349 e. The van der Waals surface area contributed by atoms with Crippen molar-refractivity contribution in [2.45, 2.75) is 0 Å². The van der Waals surface area contributed by atoms with Crippen LogP contribution >= 0.6 is 11.6 Å². The van der Waals surface area contributed by atoms with Crippen molar-refractivity contribution in [2.24, 2.45) is 0 Å². The molecule has 144 valence electrons. The Morgan fingerprint density at radius 2 is 1.66 bits per heavy atom. The van der Waals surface area contributed by atoms with Gasteiger partial charge in [-0.2, -0.15) is 0 Å². The Morgan fingerprint density at radius 1 is 0.931 bits per heavy atom. The molecule has 0 aliphatic carbocycles. The number of carbonyl (C=O) groups excluding carboxylic acids is 1. The number of hydrogen-bond donors (Lipinski definition) is 0. The Bertz CT molecular complexity index is 1210. The van der Waals surface area contributed by atoms with Crippen molar-refractivity contribution in [1.29, 1.82) is 0 Å². The first-order chi connectivity index (χ1) is 14.1. The number of fused-ring (bicyclic) bond motifs is 1. The van der Waals surface area contributed by atoms with E-state index in [4.69, 9.17) is 25.5 Å². The lowest BCUT2D eigenvalue weighted by Crippen LogP contribution is -2.17. The summed E-state index contributed by atoms with van der Waals surface area (Å²) in [6.45, 7) is -0.267. The van der Waals surface area contributed by atoms with E-state index in [0.717, 1.165) is 5.56 Å². The van der Waals surface area contributed by atoms with Crippen molar-refractivity contribution in [3.8, 4) is 22.6 Å². The topological polar surface area (TPSA) is 65.7 Å². The summed E-state index contributed by atoms with van der Waals surface area (Å²) >= 11 is 5.81. The molecule has 0 spiro atoms. The highest BCUT2D eigenvalue weighted by molar-refractivity contribution is 6.30. The molecular weight excluding hydrogens is 392 g/mol. The monoisotopic (exact) mass is 406 g/mol. The van der Waals surface area contributed by atoms with E-state index in [0.29, 0.717) is 27.3 Å². The van der Waals surface area contributed by atoms with Crippen LogP contribution in [0.3, 0.4) is 0 Å². The third-order valence-electron chi connectivity index (χ3n) is 4.23. The van der Waals surface area contributed by atoms with E-state index in [9.17, 15) is 9.59 Å². The smallest absolute Gasteiger partial charge is 0.349 e. The summed E-state index contributed by atoms with van der Waals surface area (Å²) in [6.07, 6.45) is 1.41. The maximum absolute atomic E-state index is 12.7. The average molecular weight is 407 g/mol. The van der Waals surface area contributed by atoms with Gasteiger partial charge in [-0.3, -0.25) is 4.79 Å². The highest BCUT2D eigenvalue weighted by Crippen LogP contribution is 2.23. The average Bonchev–Trinajstić information content (AvgIpc) is 2.74. The number of rotatable bonds is 5. The van der Waals surface area contributed by atoms with Gasteiger partial charge in [0.15, 0.2) is 12.0 Å². The second-order valence-corrected chi connectivity index (χ2v) is 6.66. The van der Waals surface area contributed by atoms with Gasteiger partial charge >= 0.3 is 5.97 Å². The standard InChI is InChI=1S/C23H15ClO5/c24-16-6-8-17(9-7-16)27-14-22(25)29-18-10-11-19-21(12-18)28-13-20(23(19)26)15-4-2-1-3-5-15/h1-13H,14H2. The van der Waals surface area contributed by atoms with E-state index in [-0.39, 0.29) is 17.8 Å². The van der Waals surface area contributed by atoms with Crippen LogP contribution in [0.2, 0.25) is 5.02 Å². The maximum atomic E-state index is 12.7. The SMILES string of the molecule is O=C(COc1ccc(Cl)cc1)Oc1ccc2c(=O)c(-c3ccccc3)coc2c1. The van der Waals surface area contributed by atoms with Gasteiger partial charge in [0.1, 0.15) is 23.3 Å². The lowest BCUT2D eigenvalue weighted by molar-refractivity contribution is -0.136. The van der Waals surface area contributed by atoms with E-state index in [1.807, 2.05) is 30.3 Å². The summed E-state index contributed by atoms with van der Waals surface area (Å²) in [5, 5.41) is 0.983. The third kappa shape index (κ3) is 4.31. The van der Waals surface area contributed by atoms with Crippen molar-refractivity contribution in [3.63, 3.8) is 0 Å². The molecule has 0 radical (unpaired) electrons. The molecule has 0 saturated carbocycles. The largest absolute Gasteiger partial charge is 0.482 e. The minimum atomic E-state index is -0.581. The lowest BCUT2D eigenvalue weighted by Gasteiger charge is -2.08. The van der Waals surface area contributed by atoms with Crippen molar-refractivity contribution >= 4 is 28.5 Å². The zero-order chi connectivity index (χ0) is 20.2. The van der Waals surface area contributed by atoms with Crippen molar-refractivity contribution in [3.05, 3.63) is 94.3 Å². The van der Waals surface area contributed by atoms with Gasteiger partial charge in [-0.05, 0) is 42.0 Å². The number of hydrogen-bond acceptors (Lipinski definition) is 5. The van der Waals surface area contributed by atoms with E-state index >= 15 is 0 Å². The van der Waals surface area contributed by atoms with E-state index < -0.39 is 5.97 Å². The molecule has 1 heterocycles. The number of carbonyl (C=O) groups is 1. The van der Waals surface area contributed by atoms with E-state index in [2.05, 4.69) is 0 Å². The first-order valence-corrected chi connectivity index (χ1v) is 9.18. The first-order valence-electron chi connectivity index (χ1n) is 8.80. The Labute approximate surface area is 171 Å². The predicted octanol–water partition coefficient (Wildman–Crippen LogP) is 5.10. The van der Waals surface area contributed by atoms with Gasteiger partial charge < -0.3 is 13.9 Å². The fourth-order valence-corrected chi connectivity index (χ4v) is 2.95. The number of ether oxygens (including phenoxy) is 2. The second kappa shape index (κ2) is 8.20. The minimum absolute atomic E-state index is 0.151. The molecular formula is C23H15ClO5. The fourth-order valence-electron chi connectivity index (χ4n) is 2.82. The summed E-state index contributed by atoms with van der Waals surface area (Å²) in [6, 6.07) is 20.6. The highest BCUT2D eigenvalue weighted by atomic mass is 35.5. The molecule has 0 bridgehead atoms. The van der Waals surface area contributed by atoms with Gasteiger partial charge in [0, 0.05) is 11.1 Å². The quantitative estimate of drug-likeness (QED) is 0.341. The fraction of sp³-hybridized carbons (Fsp3) is 0.0435. The molecule has 0 unspecified atom stereocenters. The normalized spacial score (nSPS) is 10.7. The highest BCUT2D eigenvalue weighted by Gasteiger charge is 2.12. The third-order valence-corrected chi connectivity index (χ3v) is 4.48. The van der Waals surface area contributed by atoms with Crippen LogP contribution in [0.5, 0.6) is 11.5 Å². The molecule has 0 saturated heterocycles. The molecule has 0 atom stereocenters. The molecule has 29 heavy (non-hydrogen) atoms. The van der Waals surface area contributed by atoms with Crippen LogP contribution in [0.25, 0.3) is 22.1 Å². The summed E-state index contributed by atoms with van der Waals surface area (Å²) in [4.78, 5) is 24.8. The van der Waals surface area contributed by atoms with Crippen LogP contribution in [-0.4, -0.2) is 12.6 Å². The van der Waals surface area contributed by atoms with Crippen molar-refractivity contribution in [2.75, 3.05) is 6.61 Å². The molecule has 5 nitrogen and oxygen atoms in total. The van der Waals surface area contributed by atoms with E-state index in [1.54, 1.807) is 36.4 Å². The van der Waals surface area contributed by atoms with Gasteiger partial charge in [-0.15, -0.1) is 0 Å². The Balaban J connectivity index is 1.49. The van der Waals surface area contributed by atoms with Crippen LogP contribution in [0, 0.1) is 0 Å². The van der Waals surface area contributed by atoms with Gasteiger partial charge in [-0.1, -0.05) is 41.9 Å². The molecule has 0 amide bonds. The predicted molar refractivity (Wildman–Crippen MR) is 111 cm³/mol. The summed E-state index contributed by atoms with van der Waals surface area (Å²) in [5.74, 6) is 0.185. The van der Waals surface area contributed by atoms with Gasteiger partial charge in [0.05, 0.1) is 10.9 Å². The number of esters is 1. The Morgan fingerprint density at radius 3 is 2.41 bits per heavy atom. The van der Waals surface area contributed by atoms with Crippen LogP contribution in [0.4, 0.5) is 0 Å². The van der Waals surface area contributed by atoms with Gasteiger partial charge in [0.2, 0.25) is 0 Å². The lowest BCUT2D eigenvalue weighted by atomic mass is 10.1. The van der Waals surface area contributed by atoms with Crippen LogP contribution in [-0.2, 0) is 4.79 Å². The Hall–Kier alpha value is -3.57. The zero-order valence-electron chi connectivity index (χ0n) is 15.1. The minimum Gasteiger partial charge on any atom is -0.482 e. The molecule has 1 aromatic heterocycles. The molecule has 0 fully saturated rings. The second-order valence-electron chi connectivity index (χ2n) is 6.22. The van der Waals surface area contributed by atoms with Gasteiger partial charge in [-0.25, -0.2) is 4.79 Å². The van der Waals surface area contributed by atoms with Crippen LogP contribution < -0.4 is 14.9 Å². The van der Waals surface area contributed by atoms with Crippen LogP contribution in [0.1, 0.15) is 0 Å². The summed E-state index contributed by atoms with van der Waals surface area (Å²) in [5.41, 5.74) is 1.43. The molecule has 4 aromatic rings. The molecule has 0 N–H and O–H groups in total. The Kier molecular flexibility index (Phi) is 5.31.